The van der Waals surface area contributed by atoms with Crippen molar-refractivity contribution < 1.29 is 8.42 Å². The highest BCUT2D eigenvalue weighted by molar-refractivity contribution is 9.10. The monoisotopic (exact) mass is 396 g/mol. The average Bonchev–Trinajstić information content (AvgIpc) is 2.42. The fraction of sp³-hybridized carbons (Fsp3) is 0.571. The van der Waals surface area contributed by atoms with Gasteiger partial charge in [0.05, 0.1) is 4.90 Å². The van der Waals surface area contributed by atoms with Gasteiger partial charge in [0.2, 0.25) is 10.0 Å². The van der Waals surface area contributed by atoms with E-state index in [0.29, 0.717) is 18.0 Å². The zero-order valence-electron chi connectivity index (χ0n) is 12.5. The van der Waals surface area contributed by atoms with Crippen molar-refractivity contribution in [3.8, 4) is 0 Å². The third-order valence-electron chi connectivity index (χ3n) is 3.87. The van der Waals surface area contributed by atoms with Crippen molar-refractivity contribution in [2.24, 2.45) is 0 Å². The lowest BCUT2D eigenvalue weighted by Gasteiger charge is -2.32. The first kappa shape index (κ1) is 18.9. The summed E-state index contributed by atoms with van der Waals surface area (Å²) in [6.07, 6.45) is 1.93. The standard InChI is InChI=1S/C14H21BrN2O2S.ClH/c1-10-8-14(11(2)7-13(10)15)20(18,19)17-6-4-5-12(9-17)16-3;/h7-8,12,16H,4-6,9H2,1-3H3;1H. The number of hydrogen-bond donors (Lipinski definition) is 1. The minimum atomic E-state index is -3.40. The van der Waals surface area contributed by atoms with Gasteiger partial charge in [0, 0.05) is 23.6 Å². The predicted octanol–water partition coefficient (Wildman–Crippen LogP) is 2.86. The van der Waals surface area contributed by atoms with Crippen LogP contribution in [0.2, 0.25) is 0 Å². The number of sulfonamides is 1. The summed E-state index contributed by atoms with van der Waals surface area (Å²) in [6, 6.07) is 3.88. The van der Waals surface area contributed by atoms with Gasteiger partial charge in [-0.25, -0.2) is 8.42 Å². The lowest BCUT2D eigenvalue weighted by atomic mass is 10.1. The van der Waals surface area contributed by atoms with E-state index in [9.17, 15) is 8.42 Å². The third-order valence-corrected chi connectivity index (χ3v) is 6.73. The van der Waals surface area contributed by atoms with Crippen LogP contribution in [0.4, 0.5) is 0 Å². The number of likely N-dealkylation sites (N-methyl/N-ethyl adjacent to an activating group) is 1. The molecule has 0 aromatic heterocycles. The summed E-state index contributed by atoms with van der Waals surface area (Å²) in [5, 5.41) is 3.18. The topological polar surface area (TPSA) is 49.4 Å². The maximum Gasteiger partial charge on any atom is 0.243 e. The molecule has 2 rings (SSSR count). The molecule has 0 bridgehead atoms. The van der Waals surface area contributed by atoms with Crippen LogP contribution >= 0.6 is 28.3 Å². The third kappa shape index (κ3) is 3.99. The highest BCUT2D eigenvalue weighted by Gasteiger charge is 2.30. The summed E-state index contributed by atoms with van der Waals surface area (Å²) in [6.45, 7) is 4.91. The van der Waals surface area contributed by atoms with E-state index in [-0.39, 0.29) is 18.4 Å². The van der Waals surface area contributed by atoms with E-state index in [1.165, 1.54) is 0 Å². The Morgan fingerprint density at radius 1 is 1.29 bits per heavy atom. The van der Waals surface area contributed by atoms with Crippen LogP contribution in [0.25, 0.3) is 0 Å². The average molecular weight is 398 g/mol. The number of nitrogens with zero attached hydrogens (tertiary/aromatic N) is 1. The first-order valence-corrected chi connectivity index (χ1v) is 9.03. The molecule has 1 unspecified atom stereocenters. The lowest BCUT2D eigenvalue weighted by molar-refractivity contribution is 0.292. The van der Waals surface area contributed by atoms with Gasteiger partial charge in [-0.2, -0.15) is 4.31 Å². The van der Waals surface area contributed by atoms with Crippen LogP contribution in [-0.4, -0.2) is 38.9 Å². The van der Waals surface area contributed by atoms with Crippen molar-refractivity contribution in [2.45, 2.75) is 37.6 Å². The summed E-state index contributed by atoms with van der Waals surface area (Å²) < 4.78 is 28.2. The molecule has 21 heavy (non-hydrogen) atoms. The molecule has 4 nitrogen and oxygen atoms in total. The molecule has 1 saturated heterocycles. The van der Waals surface area contributed by atoms with Gasteiger partial charge in [-0.15, -0.1) is 12.4 Å². The molecule has 1 aliphatic heterocycles. The van der Waals surface area contributed by atoms with Crippen molar-refractivity contribution in [2.75, 3.05) is 20.1 Å². The van der Waals surface area contributed by atoms with E-state index in [4.69, 9.17) is 0 Å². The zero-order valence-corrected chi connectivity index (χ0v) is 15.7. The van der Waals surface area contributed by atoms with E-state index < -0.39 is 10.0 Å². The van der Waals surface area contributed by atoms with Crippen molar-refractivity contribution >= 4 is 38.4 Å². The molecule has 1 aromatic carbocycles. The molecule has 7 heteroatoms. The largest absolute Gasteiger partial charge is 0.316 e. The van der Waals surface area contributed by atoms with E-state index >= 15 is 0 Å². The number of aryl methyl sites for hydroxylation is 2. The lowest BCUT2D eigenvalue weighted by Crippen LogP contribution is -2.46. The van der Waals surface area contributed by atoms with Crippen LogP contribution in [0.1, 0.15) is 24.0 Å². The highest BCUT2D eigenvalue weighted by atomic mass is 79.9. The number of nitrogens with one attached hydrogen (secondary N) is 1. The van der Waals surface area contributed by atoms with Crippen LogP contribution in [-0.2, 0) is 10.0 Å². The number of rotatable bonds is 3. The molecule has 0 amide bonds. The summed E-state index contributed by atoms with van der Waals surface area (Å²) in [5.74, 6) is 0. The normalized spacial score (nSPS) is 20.1. The van der Waals surface area contributed by atoms with Gasteiger partial charge in [0.15, 0.2) is 0 Å². The maximum atomic E-state index is 12.8. The second-order valence-electron chi connectivity index (χ2n) is 5.36. The van der Waals surface area contributed by atoms with E-state index in [1.54, 1.807) is 10.4 Å². The molecule has 0 radical (unpaired) electrons. The fourth-order valence-electron chi connectivity index (χ4n) is 2.57. The van der Waals surface area contributed by atoms with Crippen LogP contribution in [0.5, 0.6) is 0 Å². The fourth-order valence-corrected chi connectivity index (χ4v) is 4.84. The minimum absolute atomic E-state index is 0. The van der Waals surface area contributed by atoms with E-state index in [1.807, 2.05) is 27.0 Å². The van der Waals surface area contributed by atoms with Crippen LogP contribution in [0.15, 0.2) is 21.5 Å². The molecule has 1 N–H and O–H groups in total. The Hall–Kier alpha value is -0.140. The zero-order chi connectivity index (χ0) is 14.9. The smallest absolute Gasteiger partial charge is 0.243 e. The Labute approximate surface area is 141 Å². The van der Waals surface area contributed by atoms with Gasteiger partial charge in [-0.1, -0.05) is 15.9 Å². The van der Waals surface area contributed by atoms with Gasteiger partial charge < -0.3 is 5.32 Å². The van der Waals surface area contributed by atoms with Gasteiger partial charge in [-0.3, -0.25) is 0 Å². The van der Waals surface area contributed by atoms with Crippen LogP contribution in [0.3, 0.4) is 0 Å². The minimum Gasteiger partial charge on any atom is -0.316 e. The summed E-state index contributed by atoms with van der Waals surface area (Å²) in [7, 11) is -1.52. The predicted molar refractivity (Wildman–Crippen MR) is 91.7 cm³/mol. The molecule has 0 spiro atoms. The Morgan fingerprint density at radius 3 is 2.57 bits per heavy atom. The van der Waals surface area contributed by atoms with Gasteiger partial charge in [-0.05, 0) is 57.0 Å². The van der Waals surface area contributed by atoms with Crippen LogP contribution in [0, 0.1) is 13.8 Å². The van der Waals surface area contributed by atoms with E-state index in [2.05, 4.69) is 21.2 Å². The van der Waals surface area contributed by atoms with Gasteiger partial charge in [0.1, 0.15) is 0 Å². The molecule has 1 heterocycles. The quantitative estimate of drug-likeness (QED) is 0.853. The number of benzene rings is 1. The van der Waals surface area contributed by atoms with Crippen LogP contribution < -0.4 is 5.32 Å². The first-order chi connectivity index (χ1) is 9.36. The van der Waals surface area contributed by atoms with Crippen molar-refractivity contribution in [1.29, 1.82) is 0 Å². The number of hydrogen-bond acceptors (Lipinski definition) is 3. The molecular weight excluding hydrogens is 376 g/mol. The van der Waals surface area contributed by atoms with Crippen molar-refractivity contribution in [3.05, 3.63) is 27.7 Å². The van der Waals surface area contributed by atoms with Gasteiger partial charge >= 0.3 is 0 Å². The molecule has 0 saturated carbocycles. The first-order valence-electron chi connectivity index (χ1n) is 6.80. The summed E-state index contributed by atoms with van der Waals surface area (Å²) in [5.41, 5.74) is 1.73. The second kappa shape index (κ2) is 7.42. The number of piperidine rings is 1. The Bertz CT molecular complexity index is 607. The maximum absolute atomic E-state index is 12.8. The molecule has 0 aliphatic carbocycles. The molecule has 1 aliphatic rings. The number of halogens is 2. The molecule has 120 valence electrons. The van der Waals surface area contributed by atoms with Crippen molar-refractivity contribution in [1.82, 2.24) is 9.62 Å². The SMILES string of the molecule is CNC1CCCN(S(=O)(=O)c2cc(C)c(Br)cc2C)C1.Cl. The molecule has 1 aromatic rings. The van der Waals surface area contributed by atoms with Gasteiger partial charge in [0.25, 0.3) is 0 Å². The highest BCUT2D eigenvalue weighted by Crippen LogP contribution is 2.28. The second-order valence-corrected chi connectivity index (χ2v) is 8.12. The molecule has 1 atom stereocenters. The van der Waals surface area contributed by atoms with E-state index in [0.717, 1.165) is 28.4 Å². The Kier molecular flexibility index (Phi) is 6.68. The Balaban J connectivity index is 0.00000220. The Morgan fingerprint density at radius 2 is 1.95 bits per heavy atom. The molecular formula is C14H22BrClN2O2S. The molecule has 1 fully saturated rings. The van der Waals surface area contributed by atoms with Crippen molar-refractivity contribution in [3.63, 3.8) is 0 Å². The summed E-state index contributed by atoms with van der Waals surface area (Å²) in [4.78, 5) is 0.426. The summed E-state index contributed by atoms with van der Waals surface area (Å²) >= 11 is 3.45.